The van der Waals surface area contributed by atoms with Gasteiger partial charge in [-0.3, -0.25) is 9.59 Å². The molecule has 5 N–H and O–H groups in total. The second kappa shape index (κ2) is 11.9. The maximum Gasteiger partial charge on any atom is 2.00 e. The maximum absolute atomic E-state index is 11.6. The molecule has 0 rings (SSSR count). The Balaban J connectivity index is 0. The Morgan fingerprint density at radius 1 is 1.35 bits per heavy atom. The van der Waals surface area contributed by atoms with Crippen molar-refractivity contribution in [1.82, 2.24) is 10.6 Å². The van der Waals surface area contributed by atoms with Crippen LogP contribution in [0.4, 0.5) is 0 Å². The average Bonchev–Trinajstić information content (AvgIpc) is 2.46. The first-order chi connectivity index (χ1) is 10.1. The summed E-state index contributed by atoms with van der Waals surface area (Å²) in [6.07, 6.45) is -1.48. The molecule has 3 unspecified atom stereocenters. The third-order valence-corrected chi connectivity index (χ3v) is 4.61. The van der Waals surface area contributed by atoms with Gasteiger partial charge in [0.1, 0.15) is 0 Å². The number of carbonyl (C=O) groups is 2. The zero-order valence-corrected chi connectivity index (χ0v) is 17.0. The molecule has 0 fully saturated rings. The van der Waals surface area contributed by atoms with E-state index in [-0.39, 0.29) is 69.4 Å². The Kier molecular flexibility index (Phi) is 13.2. The van der Waals surface area contributed by atoms with E-state index in [2.05, 4.69) is 26.2 Å². The second-order valence-corrected chi connectivity index (χ2v) is 8.04. The molecule has 0 saturated carbocycles. The summed E-state index contributed by atoms with van der Waals surface area (Å²) in [4.78, 5) is 23.0. The van der Waals surface area contributed by atoms with Gasteiger partial charge in [-0.05, 0) is 13.3 Å². The van der Waals surface area contributed by atoms with Gasteiger partial charge in [-0.15, -0.1) is 4.33 Å². The van der Waals surface area contributed by atoms with Crippen LogP contribution < -0.4 is 10.6 Å². The van der Waals surface area contributed by atoms with Crippen LogP contribution >= 0.6 is 0 Å². The third-order valence-electron chi connectivity index (χ3n) is 2.99. The molecular weight excluding hydrogens is 376 g/mol. The largest absolute Gasteiger partial charge is 2.00 e. The van der Waals surface area contributed by atoms with Gasteiger partial charge >= 0.3 is 37.7 Å². The molecule has 0 aromatic rings. The second-order valence-electron chi connectivity index (χ2n) is 4.84. The van der Waals surface area contributed by atoms with Gasteiger partial charge in [0.15, 0.2) is 14.9 Å². The first-order valence-electron chi connectivity index (χ1n) is 6.56. The van der Waals surface area contributed by atoms with E-state index in [1.165, 1.54) is 6.92 Å². The number of hydrogen-bond donors (Lipinski definition) is 5. The van der Waals surface area contributed by atoms with Crippen LogP contribution in [0, 0.1) is 0 Å². The summed E-state index contributed by atoms with van der Waals surface area (Å²) in [5.74, 6) is -1.45. The van der Waals surface area contributed by atoms with Gasteiger partial charge in [0.25, 0.3) is 5.91 Å². The van der Waals surface area contributed by atoms with E-state index < -0.39 is 32.3 Å². The molecule has 2 amide bonds. The molecule has 0 saturated heterocycles. The molecule has 12 heteroatoms. The molecule has 0 bridgehead atoms. The number of carbonyl (C=O) groups excluding carboxylic acids is 2. The number of aliphatic hydroxyl groups excluding tert-OH is 1. The van der Waals surface area contributed by atoms with Crippen molar-refractivity contribution < 1.29 is 33.6 Å². The number of hydrogen-bond acceptors (Lipinski definition) is 8. The van der Waals surface area contributed by atoms with Crippen LogP contribution in [-0.4, -0.2) is 99.8 Å². The minimum atomic E-state index is -3.24. The molecule has 0 heterocycles. The minimum Gasteiger partial charge on any atom is -0.387 e. The molecular formula is C11H22CaN2O7S2+2. The summed E-state index contributed by atoms with van der Waals surface area (Å²) in [7, 11) is -3.24. The van der Waals surface area contributed by atoms with E-state index in [4.69, 9.17) is 5.26 Å². The average molecular weight is 399 g/mol. The molecule has 0 aromatic heterocycles. The van der Waals surface area contributed by atoms with Crippen molar-refractivity contribution >= 4 is 69.5 Å². The van der Waals surface area contributed by atoms with Gasteiger partial charge in [-0.2, -0.15) is 0 Å². The molecule has 9 nitrogen and oxygen atoms in total. The third kappa shape index (κ3) is 10.8. The molecule has 0 aromatic carbocycles. The Bertz CT molecular complexity index is 485. The number of aliphatic hydroxyl groups is 2. The van der Waals surface area contributed by atoms with E-state index in [9.17, 15) is 24.0 Å². The topological polar surface area (TPSA) is 145 Å². The summed E-state index contributed by atoms with van der Waals surface area (Å²) < 4.78 is 14.7. The Hall–Kier alpha value is 0.410. The standard InChI is InChI=1S/C11H22N2O7S2.Ca/c1-3-11(2,17)9(15)10(16)13-5-4-8(14)12-6-7-22(19,21)20-18;/h9,15,17-18H,3-7H2,1-2H3,(H,12,14)(H,13,16);/q;+2. The molecule has 0 aliphatic carbocycles. The van der Waals surface area contributed by atoms with E-state index in [0.717, 1.165) is 0 Å². The van der Waals surface area contributed by atoms with Gasteiger partial charge in [-0.1, -0.05) is 6.92 Å². The van der Waals surface area contributed by atoms with Crippen LogP contribution in [0.5, 0.6) is 0 Å². The Morgan fingerprint density at radius 3 is 2.39 bits per heavy atom. The first kappa shape index (κ1) is 25.6. The molecule has 0 radical (unpaired) electrons. The van der Waals surface area contributed by atoms with Crippen molar-refractivity contribution in [1.29, 1.82) is 0 Å². The summed E-state index contributed by atoms with van der Waals surface area (Å²) in [5, 5.41) is 32.3. The molecule has 0 spiro atoms. The number of nitrogens with one attached hydrogen (secondary N) is 2. The van der Waals surface area contributed by atoms with E-state index in [0.29, 0.717) is 0 Å². The van der Waals surface area contributed by atoms with Crippen LogP contribution in [0.2, 0.25) is 0 Å². The van der Waals surface area contributed by atoms with Crippen LogP contribution in [0.1, 0.15) is 26.7 Å². The van der Waals surface area contributed by atoms with Crippen molar-refractivity contribution in [3.63, 3.8) is 0 Å². The van der Waals surface area contributed by atoms with Crippen LogP contribution in [0.25, 0.3) is 0 Å². The van der Waals surface area contributed by atoms with Gasteiger partial charge in [0.2, 0.25) is 5.91 Å². The molecule has 0 aliphatic heterocycles. The van der Waals surface area contributed by atoms with Crippen molar-refractivity contribution in [2.45, 2.75) is 38.4 Å². The normalized spacial score (nSPS) is 17.1. The van der Waals surface area contributed by atoms with E-state index in [1.54, 1.807) is 6.92 Å². The van der Waals surface area contributed by atoms with Crippen molar-refractivity contribution in [3.05, 3.63) is 0 Å². The van der Waals surface area contributed by atoms with Crippen molar-refractivity contribution in [3.8, 4) is 0 Å². The number of rotatable bonds is 10. The zero-order chi connectivity index (χ0) is 17.4. The van der Waals surface area contributed by atoms with Gasteiger partial charge in [-0.25, -0.2) is 9.47 Å². The monoisotopic (exact) mass is 398 g/mol. The predicted octanol–water partition coefficient (Wildman–Crippen LogP) is -2.10. The Labute approximate surface area is 170 Å². The fourth-order valence-corrected chi connectivity index (χ4v) is 1.99. The van der Waals surface area contributed by atoms with Crippen molar-refractivity contribution in [2.75, 3.05) is 18.8 Å². The molecule has 130 valence electrons. The van der Waals surface area contributed by atoms with E-state index >= 15 is 0 Å². The number of amides is 2. The SMILES string of the molecule is CCC(C)(O)C(O)C(=O)NCCC(=O)NCCS(=O)(=S)OO.[Ca+2]. The predicted molar refractivity (Wildman–Crippen MR) is 87.4 cm³/mol. The maximum atomic E-state index is 11.6. The molecule has 3 atom stereocenters. The van der Waals surface area contributed by atoms with E-state index in [1.807, 2.05) is 0 Å². The fourth-order valence-electron chi connectivity index (χ4n) is 1.31. The van der Waals surface area contributed by atoms with Crippen LogP contribution in [-0.2, 0) is 33.9 Å². The van der Waals surface area contributed by atoms with Gasteiger partial charge in [0, 0.05) is 30.7 Å². The van der Waals surface area contributed by atoms with Gasteiger partial charge in [0.05, 0.1) is 11.4 Å². The Morgan fingerprint density at radius 2 is 1.91 bits per heavy atom. The summed E-state index contributed by atoms with van der Waals surface area (Å²) in [5.41, 5.74) is -1.54. The fraction of sp³-hybridized carbons (Fsp3) is 0.818. The summed E-state index contributed by atoms with van der Waals surface area (Å²) >= 11 is 4.39. The quantitative estimate of drug-likeness (QED) is 0.160. The summed E-state index contributed by atoms with van der Waals surface area (Å²) in [6.45, 7) is 2.86. The van der Waals surface area contributed by atoms with Crippen LogP contribution in [0.15, 0.2) is 0 Å². The molecule has 23 heavy (non-hydrogen) atoms. The first-order valence-corrected chi connectivity index (χ1v) is 9.14. The zero-order valence-electron chi connectivity index (χ0n) is 13.1. The van der Waals surface area contributed by atoms with Crippen LogP contribution in [0.3, 0.4) is 0 Å². The molecule has 0 aliphatic rings. The summed E-state index contributed by atoms with van der Waals surface area (Å²) in [6, 6.07) is 0. The smallest absolute Gasteiger partial charge is 0.387 e. The van der Waals surface area contributed by atoms with Gasteiger partial charge < -0.3 is 20.8 Å². The minimum absolute atomic E-state index is 0. The van der Waals surface area contributed by atoms with Crippen molar-refractivity contribution in [2.24, 2.45) is 0 Å².